The fourth-order valence-corrected chi connectivity index (χ4v) is 2.02. The Kier molecular flexibility index (Phi) is 5.25. The lowest BCUT2D eigenvalue weighted by molar-refractivity contribution is 0.384. The van der Waals surface area contributed by atoms with Gasteiger partial charge in [0.2, 0.25) is 0 Å². The maximum atomic E-state index is 5.45. The van der Waals surface area contributed by atoms with Crippen molar-refractivity contribution in [2.75, 3.05) is 34.9 Å². The molecule has 1 atom stereocenters. The Hall–Kier alpha value is -1.26. The number of methoxy groups -OCH3 is 2. The molecule has 4 nitrogen and oxygen atoms in total. The molecule has 4 heteroatoms. The van der Waals surface area contributed by atoms with Crippen molar-refractivity contribution in [3.05, 3.63) is 23.3 Å². The van der Waals surface area contributed by atoms with Gasteiger partial charge in [0.05, 0.1) is 14.2 Å². The lowest BCUT2D eigenvalue weighted by atomic mass is 9.99. The van der Waals surface area contributed by atoms with Gasteiger partial charge in [-0.25, -0.2) is 0 Å². The summed E-state index contributed by atoms with van der Waals surface area (Å²) in [5.41, 5.74) is 2.33. The zero-order chi connectivity index (χ0) is 12.8. The summed E-state index contributed by atoms with van der Waals surface area (Å²) in [6.45, 7) is 2.92. The molecule has 0 spiro atoms. The van der Waals surface area contributed by atoms with E-state index >= 15 is 0 Å². The monoisotopic (exact) mass is 238 g/mol. The number of benzene rings is 1. The Labute approximate surface area is 103 Å². The van der Waals surface area contributed by atoms with Crippen LogP contribution in [0.2, 0.25) is 0 Å². The molecule has 0 heterocycles. The molecular formula is C13H22N2O2. The molecule has 0 radical (unpaired) electrons. The Bertz CT molecular complexity index is 367. The third kappa shape index (κ3) is 3.11. The predicted octanol–water partition coefficient (Wildman–Crippen LogP) is 1.49. The number of likely N-dealkylation sites (N-methyl/N-ethyl adjacent to an activating group) is 2. The van der Waals surface area contributed by atoms with Gasteiger partial charge in [0, 0.05) is 24.2 Å². The van der Waals surface area contributed by atoms with Crippen LogP contribution < -0.4 is 20.1 Å². The van der Waals surface area contributed by atoms with Gasteiger partial charge < -0.3 is 20.1 Å². The minimum absolute atomic E-state index is 0.223. The third-order valence-electron chi connectivity index (χ3n) is 2.88. The highest BCUT2D eigenvalue weighted by molar-refractivity contribution is 5.48. The first-order valence-corrected chi connectivity index (χ1v) is 5.72. The minimum atomic E-state index is 0.223. The second kappa shape index (κ2) is 6.47. The molecule has 1 aromatic carbocycles. The van der Waals surface area contributed by atoms with Crippen LogP contribution in [0.25, 0.3) is 0 Å². The van der Waals surface area contributed by atoms with Crippen molar-refractivity contribution in [3.63, 3.8) is 0 Å². The number of hydrogen-bond donors (Lipinski definition) is 2. The van der Waals surface area contributed by atoms with E-state index in [-0.39, 0.29) is 6.04 Å². The van der Waals surface area contributed by atoms with Gasteiger partial charge in [0.15, 0.2) is 0 Å². The molecule has 0 saturated heterocycles. The van der Waals surface area contributed by atoms with Crippen molar-refractivity contribution >= 4 is 0 Å². The van der Waals surface area contributed by atoms with Crippen LogP contribution in [0, 0.1) is 6.92 Å². The van der Waals surface area contributed by atoms with Gasteiger partial charge in [-0.3, -0.25) is 0 Å². The van der Waals surface area contributed by atoms with Crippen LogP contribution in [0.4, 0.5) is 0 Å². The lowest BCUT2D eigenvalue weighted by Gasteiger charge is -2.22. The van der Waals surface area contributed by atoms with Crippen LogP contribution in [0.1, 0.15) is 17.2 Å². The van der Waals surface area contributed by atoms with Crippen LogP contribution >= 0.6 is 0 Å². The number of rotatable bonds is 6. The number of aryl methyl sites for hydroxylation is 1. The summed E-state index contributed by atoms with van der Waals surface area (Å²) in [6.07, 6.45) is 0. The molecule has 2 N–H and O–H groups in total. The molecule has 1 aromatic rings. The van der Waals surface area contributed by atoms with Crippen LogP contribution in [-0.4, -0.2) is 34.9 Å². The van der Waals surface area contributed by atoms with E-state index in [1.165, 1.54) is 5.56 Å². The van der Waals surface area contributed by atoms with Crippen LogP contribution in [0.3, 0.4) is 0 Å². The largest absolute Gasteiger partial charge is 0.497 e. The average molecular weight is 238 g/mol. The normalized spacial score (nSPS) is 12.3. The van der Waals surface area contributed by atoms with Gasteiger partial charge in [-0.1, -0.05) is 0 Å². The van der Waals surface area contributed by atoms with E-state index in [9.17, 15) is 0 Å². The molecule has 0 bridgehead atoms. The van der Waals surface area contributed by atoms with Gasteiger partial charge in [0.1, 0.15) is 11.5 Å². The SMILES string of the molecule is CNCC(NC)c1c(C)cc(OC)cc1OC. The van der Waals surface area contributed by atoms with Crippen molar-refractivity contribution in [1.29, 1.82) is 0 Å². The molecule has 0 amide bonds. The van der Waals surface area contributed by atoms with E-state index in [1.807, 2.05) is 26.2 Å². The standard InChI is InChI=1S/C13H22N2O2/c1-9-6-10(16-4)7-12(17-5)13(9)11(15-3)8-14-2/h6-7,11,14-15H,8H2,1-5H3. The van der Waals surface area contributed by atoms with E-state index in [4.69, 9.17) is 9.47 Å². The van der Waals surface area contributed by atoms with Crippen LogP contribution in [0.5, 0.6) is 11.5 Å². The minimum Gasteiger partial charge on any atom is -0.497 e. The Morgan fingerprint density at radius 1 is 1.18 bits per heavy atom. The lowest BCUT2D eigenvalue weighted by Crippen LogP contribution is -2.28. The highest BCUT2D eigenvalue weighted by Gasteiger charge is 2.17. The van der Waals surface area contributed by atoms with Gasteiger partial charge >= 0.3 is 0 Å². The van der Waals surface area contributed by atoms with Crippen LogP contribution in [-0.2, 0) is 0 Å². The fourth-order valence-electron chi connectivity index (χ4n) is 2.02. The van der Waals surface area contributed by atoms with E-state index < -0.39 is 0 Å². The quantitative estimate of drug-likeness (QED) is 0.788. The van der Waals surface area contributed by atoms with Gasteiger partial charge in [-0.05, 0) is 32.6 Å². The summed E-state index contributed by atoms with van der Waals surface area (Å²) < 4.78 is 10.7. The molecule has 1 rings (SSSR count). The second-order valence-electron chi connectivity index (χ2n) is 3.96. The summed E-state index contributed by atoms with van der Waals surface area (Å²) >= 11 is 0. The van der Waals surface area contributed by atoms with Crippen molar-refractivity contribution in [2.45, 2.75) is 13.0 Å². The summed E-state index contributed by atoms with van der Waals surface area (Å²) in [7, 11) is 7.24. The van der Waals surface area contributed by atoms with Crippen molar-refractivity contribution in [3.8, 4) is 11.5 Å². The molecule has 0 fully saturated rings. The van der Waals surface area contributed by atoms with Crippen molar-refractivity contribution in [1.82, 2.24) is 10.6 Å². The van der Waals surface area contributed by atoms with E-state index in [2.05, 4.69) is 17.6 Å². The number of nitrogens with one attached hydrogen (secondary N) is 2. The average Bonchev–Trinajstić information content (AvgIpc) is 2.35. The fraction of sp³-hybridized carbons (Fsp3) is 0.538. The Morgan fingerprint density at radius 3 is 2.35 bits per heavy atom. The summed E-state index contributed by atoms with van der Waals surface area (Å²) in [5.74, 6) is 1.68. The molecular weight excluding hydrogens is 216 g/mol. The zero-order valence-electron chi connectivity index (χ0n) is 11.3. The highest BCUT2D eigenvalue weighted by atomic mass is 16.5. The maximum absolute atomic E-state index is 5.45. The second-order valence-corrected chi connectivity index (χ2v) is 3.96. The van der Waals surface area contributed by atoms with Crippen LogP contribution in [0.15, 0.2) is 12.1 Å². The molecule has 0 saturated carbocycles. The van der Waals surface area contributed by atoms with Gasteiger partial charge in [-0.2, -0.15) is 0 Å². The zero-order valence-corrected chi connectivity index (χ0v) is 11.3. The van der Waals surface area contributed by atoms with E-state index in [1.54, 1.807) is 14.2 Å². The number of hydrogen-bond acceptors (Lipinski definition) is 4. The van der Waals surface area contributed by atoms with E-state index in [0.29, 0.717) is 0 Å². The Balaban J connectivity index is 3.20. The summed E-state index contributed by atoms with van der Waals surface area (Å²) in [5, 5.41) is 6.46. The first kappa shape index (κ1) is 13.8. The summed E-state index contributed by atoms with van der Waals surface area (Å²) in [6, 6.07) is 4.17. The van der Waals surface area contributed by atoms with E-state index in [0.717, 1.165) is 23.6 Å². The van der Waals surface area contributed by atoms with Crippen molar-refractivity contribution < 1.29 is 9.47 Å². The molecule has 0 aromatic heterocycles. The first-order chi connectivity index (χ1) is 8.17. The first-order valence-electron chi connectivity index (χ1n) is 5.72. The number of ether oxygens (including phenoxy) is 2. The molecule has 96 valence electrons. The molecule has 1 unspecified atom stereocenters. The maximum Gasteiger partial charge on any atom is 0.127 e. The molecule has 17 heavy (non-hydrogen) atoms. The topological polar surface area (TPSA) is 42.5 Å². The molecule has 0 aliphatic rings. The third-order valence-corrected chi connectivity index (χ3v) is 2.88. The predicted molar refractivity (Wildman–Crippen MR) is 70.0 cm³/mol. The summed E-state index contributed by atoms with van der Waals surface area (Å²) in [4.78, 5) is 0. The molecule has 0 aliphatic carbocycles. The Morgan fingerprint density at radius 2 is 1.88 bits per heavy atom. The van der Waals surface area contributed by atoms with Gasteiger partial charge in [-0.15, -0.1) is 0 Å². The highest BCUT2D eigenvalue weighted by Crippen LogP contribution is 2.32. The van der Waals surface area contributed by atoms with Gasteiger partial charge in [0.25, 0.3) is 0 Å². The van der Waals surface area contributed by atoms with Crippen molar-refractivity contribution in [2.24, 2.45) is 0 Å². The molecule has 0 aliphatic heterocycles. The smallest absolute Gasteiger partial charge is 0.127 e.